The smallest absolute Gasteiger partial charge is 0.228 e. The van der Waals surface area contributed by atoms with Gasteiger partial charge in [0.05, 0.1) is 5.57 Å². The summed E-state index contributed by atoms with van der Waals surface area (Å²) < 4.78 is 6.08. The number of rotatable bonds is 3. The van der Waals surface area contributed by atoms with Gasteiger partial charge in [0, 0.05) is 39.3 Å². The van der Waals surface area contributed by atoms with Crippen LogP contribution in [0, 0.1) is 5.92 Å². The molecule has 0 spiro atoms. The molecule has 2 aromatic carbocycles. The van der Waals surface area contributed by atoms with Crippen LogP contribution >= 0.6 is 0 Å². The maximum absolute atomic E-state index is 13.9. The van der Waals surface area contributed by atoms with Crippen LogP contribution in [-0.4, -0.2) is 28.7 Å². The summed E-state index contributed by atoms with van der Waals surface area (Å²) in [4.78, 5) is 54.8. The number of carbonyl (C=O) groups is 4. The fourth-order valence-electron chi connectivity index (χ4n) is 5.27. The lowest BCUT2D eigenvalue weighted by atomic mass is 9.68. The second kappa shape index (κ2) is 8.12. The first-order valence-corrected chi connectivity index (χ1v) is 11.8. The highest BCUT2D eigenvalue weighted by molar-refractivity contribution is 6.30. The van der Waals surface area contributed by atoms with Crippen LogP contribution in [0.3, 0.4) is 0 Å². The van der Waals surface area contributed by atoms with Gasteiger partial charge in [-0.15, -0.1) is 0 Å². The van der Waals surface area contributed by atoms with E-state index >= 15 is 0 Å². The quantitative estimate of drug-likeness (QED) is 0.529. The number of ether oxygens (including phenoxy) is 1. The van der Waals surface area contributed by atoms with Gasteiger partial charge in [0.1, 0.15) is 5.60 Å². The highest BCUT2D eigenvalue weighted by atomic mass is 16.5. The molecule has 1 heterocycles. The fraction of sp³-hybridized carbons (Fsp3) is 0.267. The molecule has 1 atom stereocenters. The third-order valence-electron chi connectivity index (χ3n) is 6.86. The van der Waals surface area contributed by atoms with Gasteiger partial charge < -0.3 is 4.74 Å². The van der Waals surface area contributed by atoms with Gasteiger partial charge in [0.25, 0.3) is 0 Å². The van der Waals surface area contributed by atoms with Crippen LogP contribution in [0.5, 0.6) is 0 Å². The van der Waals surface area contributed by atoms with Gasteiger partial charge in [0.2, 0.25) is 5.78 Å². The van der Waals surface area contributed by atoms with Crippen molar-refractivity contribution in [2.45, 2.75) is 46.1 Å². The van der Waals surface area contributed by atoms with E-state index < -0.39 is 11.5 Å². The molecule has 5 rings (SSSR count). The Bertz CT molecular complexity index is 1430. The third-order valence-corrected chi connectivity index (χ3v) is 6.86. The van der Waals surface area contributed by atoms with Crippen molar-refractivity contribution in [2.24, 2.45) is 5.92 Å². The summed E-state index contributed by atoms with van der Waals surface area (Å²) in [5.74, 6) is -1.93. The standard InChI is InChI=1S/C30H26O5/c1-16(2)13-14-21-23(26(32)18-10-6-5-9-17(18)25(21)31)22-15-30(3,4)35-29-24(22)27(33)19-11-7-8-12-20(19)28(29)34/h5-13,22H,14-15H2,1-4H3/t22-/m0/s1. The van der Waals surface area contributed by atoms with Crippen LogP contribution in [0.4, 0.5) is 0 Å². The number of hydrogen-bond donors (Lipinski definition) is 0. The van der Waals surface area contributed by atoms with E-state index in [0.717, 1.165) is 5.57 Å². The van der Waals surface area contributed by atoms with Crippen molar-refractivity contribution >= 4 is 23.1 Å². The summed E-state index contributed by atoms with van der Waals surface area (Å²) in [5.41, 5.74) is 2.35. The first-order chi connectivity index (χ1) is 16.6. The minimum atomic E-state index is -0.819. The normalized spacial score (nSPS) is 20.7. The Morgan fingerprint density at radius 3 is 1.83 bits per heavy atom. The number of Topliss-reactive ketones (excluding diaryl/α,β-unsaturated/α-hetero) is 4. The third kappa shape index (κ3) is 3.63. The Kier molecular flexibility index (Phi) is 5.32. The number of hydrogen-bond acceptors (Lipinski definition) is 5. The number of allylic oxidation sites excluding steroid dienone is 6. The largest absolute Gasteiger partial charge is 0.483 e. The van der Waals surface area contributed by atoms with E-state index in [4.69, 9.17) is 4.74 Å². The van der Waals surface area contributed by atoms with Gasteiger partial charge in [-0.3, -0.25) is 19.2 Å². The molecule has 0 radical (unpaired) electrons. The zero-order chi connectivity index (χ0) is 25.1. The molecule has 1 aliphatic heterocycles. The van der Waals surface area contributed by atoms with Crippen LogP contribution in [0.2, 0.25) is 0 Å². The average Bonchev–Trinajstić information content (AvgIpc) is 2.82. The van der Waals surface area contributed by atoms with Crippen molar-refractivity contribution in [3.05, 3.63) is 105 Å². The molecular weight excluding hydrogens is 440 g/mol. The number of benzene rings is 2. The van der Waals surface area contributed by atoms with Gasteiger partial charge >= 0.3 is 0 Å². The predicted molar refractivity (Wildman–Crippen MR) is 132 cm³/mol. The van der Waals surface area contributed by atoms with E-state index in [1.165, 1.54) is 0 Å². The van der Waals surface area contributed by atoms with E-state index in [2.05, 4.69) is 0 Å². The van der Waals surface area contributed by atoms with Crippen LogP contribution < -0.4 is 0 Å². The van der Waals surface area contributed by atoms with Crippen molar-refractivity contribution in [2.75, 3.05) is 0 Å². The topological polar surface area (TPSA) is 77.5 Å². The lowest BCUT2D eigenvalue weighted by molar-refractivity contribution is 0.000454. The van der Waals surface area contributed by atoms with E-state index in [1.54, 1.807) is 48.5 Å². The van der Waals surface area contributed by atoms with Crippen molar-refractivity contribution in [3.8, 4) is 0 Å². The lowest BCUT2D eigenvalue weighted by Crippen LogP contribution is -2.43. The molecule has 2 aromatic rings. The van der Waals surface area contributed by atoms with Gasteiger partial charge in [-0.2, -0.15) is 0 Å². The molecule has 5 heteroatoms. The molecule has 0 aromatic heterocycles. The Labute approximate surface area is 204 Å². The molecule has 35 heavy (non-hydrogen) atoms. The fourth-order valence-corrected chi connectivity index (χ4v) is 5.27. The Balaban J connectivity index is 1.78. The molecule has 0 saturated carbocycles. The van der Waals surface area contributed by atoms with E-state index in [1.807, 2.05) is 33.8 Å². The minimum absolute atomic E-state index is 0.0110. The molecular formula is C30H26O5. The van der Waals surface area contributed by atoms with Crippen LogP contribution in [-0.2, 0) is 4.74 Å². The van der Waals surface area contributed by atoms with Gasteiger partial charge in [-0.05, 0) is 40.5 Å². The summed E-state index contributed by atoms with van der Waals surface area (Å²) in [6, 6.07) is 13.4. The first kappa shape index (κ1) is 22.9. The Hall–Kier alpha value is -3.86. The van der Waals surface area contributed by atoms with Crippen LogP contribution in [0.25, 0.3) is 0 Å². The molecule has 0 unspecified atom stereocenters. The monoisotopic (exact) mass is 466 g/mol. The molecule has 5 nitrogen and oxygen atoms in total. The second-order valence-corrected chi connectivity index (χ2v) is 10.1. The predicted octanol–water partition coefficient (Wildman–Crippen LogP) is 5.87. The molecule has 0 saturated heterocycles. The Morgan fingerprint density at radius 2 is 1.29 bits per heavy atom. The Morgan fingerprint density at radius 1 is 0.800 bits per heavy atom. The second-order valence-electron chi connectivity index (χ2n) is 10.1. The highest BCUT2D eigenvalue weighted by Crippen LogP contribution is 2.47. The number of ketones is 4. The summed E-state index contributed by atoms with van der Waals surface area (Å²) in [6.45, 7) is 7.53. The minimum Gasteiger partial charge on any atom is -0.483 e. The van der Waals surface area contributed by atoms with Gasteiger partial charge in [-0.1, -0.05) is 60.2 Å². The summed E-state index contributed by atoms with van der Waals surface area (Å²) in [7, 11) is 0. The van der Waals surface area contributed by atoms with Gasteiger partial charge in [0.15, 0.2) is 23.1 Å². The molecule has 0 bridgehead atoms. The van der Waals surface area contributed by atoms with Crippen molar-refractivity contribution in [3.63, 3.8) is 0 Å². The molecule has 2 aliphatic carbocycles. The highest BCUT2D eigenvalue weighted by Gasteiger charge is 2.49. The maximum Gasteiger partial charge on any atom is 0.228 e. The van der Waals surface area contributed by atoms with E-state index in [0.29, 0.717) is 39.8 Å². The maximum atomic E-state index is 13.9. The zero-order valence-corrected chi connectivity index (χ0v) is 20.2. The molecule has 0 fully saturated rings. The lowest BCUT2D eigenvalue weighted by Gasteiger charge is -2.41. The van der Waals surface area contributed by atoms with Gasteiger partial charge in [-0.25, -0.2) is 0 Å². The SMILES string of the molecule is CC(C)=CCC1=C([C@@H]2CC(C)(C)OC3=C2C(=O)c2ccccc2C3=O)C(=O)c2ccccc2C1=O. The number of carbonyl (C=O) groups excluding carboxylic acids is 4. The molecule has 3 aliphatic rings. The first-order valence-electron chi connectivity index (χ1n) is 11.8. The average molecular weight is 467 g/mol. The molecule has 0 N–H and O–H groups in total. The summed E-state index contributed by atoms with van der Waals surface area (Å²) in [6.07, 6.45) is 2.48. The van der Waals surface area contributed by atoms with Crippen molar-refractivity contribution in [1.29, 1.82) is 0 Å². The molecule has 0 amide bonds. The van der Waals surface area contributed by atoms with E-state index in [9.17, 15) is 19.2 Å². The summed E-state index contributed by atoms with van der Waals surface area (Å²) >= 11 is 0. The zero-order valence-electron chi connectivity index (χ0n) is 20.2. The van der Waals surface area contributed by atoms with Crippen LogP contribution in [0.15, 0.2) is 82.7 Å². The van der Waals surface area contributed by atoms with Crippen molar-refractivity contribution in [1.82, 2.24) is 0 Å². The summed E-state index contributed by atoms with van der Waals surface area (Å²) in [5, 5.41) is 0. The van der Waals surface area contributed by atoms with E-state index in [-0.39, 0.29) is 40.9 Å². The molecule has 176 valence electrons. The van der Waals surface area contributed by atoms with Crippen molar-refractivity contribution < 1.29 is 23.9 Å². The van der Waals surface area contributed by atoms with Crippen LogP contribution in [0.1, 0.15) is 82.0 Å². The number of fused-ring (bicyclic) bond motifs is 2.